The molecule has 0 atom stereocenters. The molecule has 0 amide bonds. The fourth-order valence-corrected chi connectivity index (χ4v) is 4.39. The van der Waals surface area contributed by atoms with E-state index in [2.05, 4.69) is 22.0 Å². The van der Waals surface area contributed by atoms with Crippen molar-refractivity contribution in [1.29, 1.82) is 5.26 Å². The van der Waals surface area contributed by atoms with Crippen LogP contribution in [-0.2, 0) is 6.42 Å². The van der Waals surface area contributed by atoms with Gasteiger partial charge in [0, 0.05) is 34.6 Å². The van der Waals surface area contributed by atoms with Gasteiger partial charge in [-0.1, -0.05) is 29.8 Å². The molecular formula is C23H16ClN3O2. The zero-order chi connectivity index (χ0) is 20.1. The summed E-state index contributed by atoms with van der Waals surface area (Å²) in [6.45, 7) is 1.08. The lowest BCUT2D eigenvalue weighted by Gasteiger charge is -2.35. The van der Waals surface area contributed by atoms with Crippen LogP contribution in [0.5, 0.6) is 5.75 Å². The van der Waals surface area contributed by atoms with Gasteiger partial charge in [0.15, 0.2) is 5.78 Å². The number of nitrogens with one attached hydrogen (secondary N) is 1. The van der Waals surface area contributed by atoms with Crippen LogP contribution in [0, 0.1) is 11.3 Å². The average Bonchev–Trinajstić information content (AvgIpc) is 3.12. The molecule has 5 nitrogen and oxygen atoms in total. The molecule has 0 saturated heterocycles. The van der Waals surface area contributed by atoms with Crippen molar-refractivity contribution >= 4 is 34.0 Å². The van der Waals surface area contributed by atoms with Crippen LogP contribution in [0.15, 0.2) is 59.7 Å². The van der Waals surface area contributed by atoms with Gasteiger partial charge in [0.1, 0.15) is 11.8 Å². The first kappa shape index (κ1) is 17.6. The molecule has 0 fully saturated rings. The van der Waals surface area contributed by atoms with E-state index in [1.54, 1.807) is 6.08 Å². The molecule has 0 bridgehead atoms. The number of aromatic nitrogens is 1. The van der Waals surface area contributed by atoms with E-state index in [0.717, 1.165) is 23.3 Å². The zero-order valence-electron chi connectivity index (χ0n) is 15.4. The molecule has 2 aliphatic heterocycles. The molecule has 29 heavy (non-hydrogen) atoms. The summed E-state index contributed by atoms with van der Waals surface area (Å²) in [5.74, 6) is -0.440. The fraction of sp³-hybridized carbons (Fsp3) is 0.130. The van der Waals surface area contributed by atoms with Crippen LogP contribution in [0.4, 0.5) is 0 Å². The van der Waals surface area contributed by atoms with Gasteiger partial charge < -0.3 is 15.0 Å². The Morgan fingerprint density at radius 1 is 1.24 bits per heavy atom. The minimum absolute atomic E-state index is 0.120. The van der Waals surface area contributed by atoms with Crippen LogP contribution in [0.25, 0.3) is 16.6 Å². The number of halogens is 1. The highest BCUT2D eigenvalue weighted by Crippen LogP contribution is 2.39. The van der Waals surface area contributed by atoms with Crippen molar-refractivity contribution in [2.24, 2.45) is 0 Å². The van der Waals surface area contributed by atoms with E-state index in [-0.39, 0.29) is 17.1 Å². The number of aromatic hydroxyl groups is 1. The van der Waals surface area contributed by atoms with E-state index in [1.165, 1.54) is 29.1 Å². The lowest BCUT2D eigenvalue weighted by molar-refractivity contribution is 0.102. The second kappa shape index (κ2) is 6.54. The Kier molecular flexibility index (Phi) is 3.97. The standard InChI is InChI=1S/C23H16ClN3O2/c24-15-5-6-20(28)18(10-15)23(29)14-9-13(11-25)22-21-17(7-8-27(22)12-14)16-3-1-2-4-19(16)26-21/h1-6,9-10,26,28H,7-8,12H2. The summed E-state index contributed by atoms with van der Waals surface area (Å²) in [4.78, 5) is 18.6. The molecule has 3 heterocycles. The molecule has 142 valence electrons. The minimum Gasteiger partial charge on any atom is -0.507 e. The fourth-order valence-electron chi connectivity index (χ4n) is 4.22. The SMILES string of the molecule is N#CC1=C2c3[nH]c4ccccc4c3CCN2CC(C(=O)c2cc(Cl)ccc2O)=C1. The zero-order valence-corrected chi connectivity index (χ0v) is 16.1. The second-order valence-electron chi connectivity index (χ2n) is 7.23. The molecule has 2 aromatic carbocycles. The van der Waals surface area contributed by atoms with Crippen LogP contribution < -0.4 is 0 Å². The first-order valence-electron chi connectivity index (χ1n) is 9.30. The van der Waals surface area contributed by atoms with Gasteiger partial charge in [0.25, 0.3) is 0 Å². The molecular weight excluding hydrogens is 386 g/mol. The Bertz CT molecular complexity index is 1290. The van der Waals surface area contributed by atoms with Gasteiger partial charge in [-0.2, -0.15) is 5.26 Å². The molecule has 5 rings (SSSR count). The lowest BCUT2D eigenvalue weighted by Crippen LogP contribution is -2.35. The van der Waals surface area contributed by atoms with Gasteiger partial charge in [-0.3, -0.25) is 4.79 Å². The van der Waals surface area contributed by atoms with Crippen LogP contribution in [0.1, 0.15) is 21.6 Å². The van der Waals surface area contributed by atoms with Gasteiger partial charge in [-0.25, -0.2) is 0 Å². The van der Waals surface area contributed by atoms with Crippen molar-refractivity contribution in [1.82, 2.24) is 9.88 Å². The smallest absolute Gasteiger partial charge is 0.194 e. The first-order valence-corrected chi connectivity index (χ1v) is 9.67. The van der Waals surface area contributed by atoms with Crippen LogP contribution in [0.3, 0.4) is 0 Å². The maximum absolute atomic E-state index is 13.0. The number of ketones is 1. The van der Waals surface area contributed by atoms with Gasteiger partial charge in [-0.05, 0) is 42.3 Å². The summed E-state index contributed by atoms with van der Waals surface area (Å²) in [5.41, 5.74) is 5.07. The number of rotatable bonds is 2. The number of nitriles is 1. The number of para-hydroxylation sites is 1. The number of benzene rings is 2. The molecule has 1 aromatic heterocycles. The van der Waals surface area contributed by atoms with Gasteiger partial charge in [-0.15, -0.1) is 0 Å². The number of H-pyrrole nitrogens is 1. The quantitative estimate of drug-likeness (QED) is 0.622. The van der Waals surface area contributed by atoms with E-state index in [1.807, 2.05) is 18.2 Å². The molecule has 0 aliphatic carbocycles. The highest BCUT2D eigenvalue weighted by atomic mass is 35.5. The summed E-state index contributed by atoms with van der Waals surface area (Å²) in [7, 11) is 0. The number of carbonyl (C=O) groups is 1. The van der Waals surface area contributed by atoms with Gasteiger partial charge in [0.05, 0.1) is 22.5 Å². The molecule has 2 aliphatic rings. The third-order valence-electron chi connectivity index (χ3n) is 5.55. The number of hydrogen-bond acceptors (Lipinski definition) is 4. The van der Waals surface area contributed by atoms with Gasteiger partial charge >= 0.3 is 0 Å². The van der Waals surface area contributed by atoms with E-state index >= 15 is 0 Å². The number of nitrogens with zero attached hydrogens (tertiary/aromatic N) is 2. The van der Waals surface area contributed by atoms with Crippen molar-refractivity contribution < 1.29 is 9.90 Å². The second-order valence-corrected chi connectivity index (χ2v) is 7.67. The summed E-state index contributed by atoms with van der Waals surface area (Å²) in [6.07, 6.45) is 2.46. The van der Waals surface area contributed by atoms with Crippen molar-refractivity contribution in [2.45, 2.75) is 6.42 Å². The Morgan fingerprint density at radius 2 is 2.07 bits per heavy atom. The number of allylic oxidation sites excluding steroid dienone is 2. The molecule has 0 saturated carbocycles. The summed E-state index contributed by atoms with van der Waals surface area (Å²) in [6, 6.07) is 14.8. The third-order valence-corrected chi connectivity index (χ3v) is 5.78. The Labute approximate surface area is 172 Å². The largest absolute Gasteiger partial charge is 0.507 e. The first-order chi connectivity index (χ1) is 14.1. The number of carbonyl (C=O) groups excluding carboxylic acids is 1. The van der Waals surface area contributed by atoms with E-state index in [4.69, 9.17) is 11.6 Å². The molecule has 2 N–H and O–H groups in total. The topological polar surface area (TPSA) is 80.1 Å². The molecule has 6 heteroatoms. The Hall–Kier alpha value is -3.49. The number of phenols is 1. The number of Topliss-reactive ketones (excluding diaryl/α,β-unsaturated/α-hetero) is 1. The lowest BCUT2D eigenvalue weighted by atomic mass is 9.91. The van der Waals surface area contributed by atoms with E-state index in [9.17, 15) is 15.2 Å². The maximum atomic E-state index is 13.0. The summed E-state index contributed by atoms with van der Waals surface area (Å²) >= 11 is 6.00. The monoisotopic (exact) mass is 401 g/mol. The predicted octanol–water partition coefficient (Wildman–Crippen LogP) is 4.44. The number of aromatic amines is 1. The Balaban J connectivity index is 1.64. The van der Waals surface area contributed by atoms with Crippen molar-refractivity contribution in [3.05, 3.63) is 81.5 Å². The number of phenolic OH excluding ortho intramolecular Hbond substituents is 1. The Morgan fingerprint density at radius 3 is 2.90 bits per heavy atom. The van der Waals surface area contributed by atoms with E-state index < -0.39 is 0 Å². The minimum atomic E-state index is -0.320. The maximum Gasteiger partial charge on any atom is 0.194 e. The highest BCUT2D eigenvalue weighted by Gasteiger charge is 2.32. The number of hydrogen-bond donors (Lipinski definition) is 2. The normalized spacial score (nSPS) is 15.6. The number of fused-ring (bicyclic) bond motifs is 5. The molecule has 0 radical (unpaired) electrons. The van der Waals surface area contributed by atoms with Crippen LogP contribution >= 0.6 is 11.6 Å². The third kappa shape index (κ3) is 2.72. The molecule has 3 aromatic rings. The van der Waals surface area contributed by atoms with Gasteiger partial charge in [0.2, 0.25) is 0 Å². The molecule has 0 spiro atoms. The highest BCUT2D eigenvalue weighted by molar-refractivity contribution is 6.31. The van der Waals surface area contributed by atoms with Crippen LogP contribution in [-0.4, -0.2) is 33.9 Å². The van der Waals surface area contributed by atoms with Crippen molar-refractivity contribution in [3.63, 3.8) is 0 Å². The summed E-state index contributed by atoms with van der Waals surface area (Å²) in [5, 5.41) is 21.5. The van der Waals surface area contributed by atoms with E-state index in [0.29, 0.717) is 29.3 Å². The predicted molar refractivity (Wildman–Crippen MR) is 112 cm³/mol. The van der Waals surface area contributed by atoms with Crippen LogP contribution in [0.2, 0.25) is 5.02 Å². The van der Waals surface area contributed by atoms with Crippen molar-refractivity contribution in [3.8, 4) is 11.8 Å². The molecule has 0 unspecified atom stereocenters. The summed E-state index contributed by atoms with van der Waals surface area (Å²) < 4.78 is 0. The van der Waals surface area contributed by atoms with Crippen molar-refractivity contribution in [2.75, 3.05) is 13.1 Å². The average molecular weight is 402 g/mol.